The van der Waals surface area contributed by atoms with E-state index in [1.165, 1.54) is 25.4 Å². The van der Waals surface area contributed by atoms with Crippen LogP contribution in [0.3, 0.4) is 0 Å². The zero-order valence-electron chi connectivity index (χ0n) is 14.4. The van der Waals surface area contributed by atoms with Gasteiger partial charge in [0.15, 0.2) is 6.79 Å². The second kappa shape index (κ2) is 10.0. The van der Waals surface area contributed by atoms with E-state index in [0.29, 0.717) is 12.2 Å². The van der Waals surface area contributed by atoms with Gasteiger partial charge in [0.25, 0.3) is 0 Å². The van der Waals surface area contributed by atoms with E-state index in [-0.39, 0.29) is 19.3 Å². The van der Waals surface area contributed by atoms with Gasteiger partial charge in [-0.2, -0.15) is 0 Å². The number of rotatable bonds is 9. The molecule has 7 heteroatoms. The van der Waals surface area contributed by atoms with Crippen LogP contribution in [0.1, 0.15) is 37.7 Å². The minimum atomic E-state index is -0.679. The molecule has 25 heavy (non-hydrogen) atoms. The number of amides is 1. The fourth-order valence-electron chi connectivity index (χ4n) is 2.98. The van der Waals surface area contributed by atoms with E-state index >= 15 is 0 Å². The third-order valence-electron chi connectivity index (χ3n) is 4.30. The molecule has 0 aromatic heterocycles. The number of esters is 1. The van der Waals surface area contributed by atoms with Crippen LogP contribution in [-0.2, 0) is 25.5 Å². The Morgan fingerprint density at radius 2 is 2.08 bits per heavy atom. The molecule has 1 aliphatic carbocycles. The van der Waals surface area contributed by atoms with Crippen molar-refractivity contribution in [3.63, 3.8) is 0 Å². The van der Waals surface area contributed by atoms with Gasteiger partial charge in [0, 0.05) is 6.42 Å². The molecule has 1 amide bonds. The number of hydrogen-bond acceptors (Lipinski definition) is 6. The molecule has 0 unspecified atom stereocenters. The summed E-state index contributed by atoms with van der Waals surface area (Å²) in [7, 11) is 1.27. The Bertz CT molecular complexity index is 570. The van der Waals surface area contributed by atoms with Gasteiger partial charge >= 0.3 is 5.97 Å². The lowest BCUT2D eigenvalue weighted by Gasteiger charge is -2.15. The molecule has 0 bridgehead atoms. The molecule has 0 spiro atoms. The molecule has 0 aliphatic heterocycles. The molecule has 2 N–H and O–H groups in total. The molecule has 0 saturated heterocycles. The van der Waals surface area contributed by atoms with Gasteiger partial charge in [-0.15, -0.1) is 0 Å². The number of hydrogen-bond donors (Lipinski definition) is 2. The fraction of sp³-hybridized carbons (Fsp3) is 0.556. The monoisotopic (exact) mass is 351 g/mol. The van der Waals surface area contributed by atoms with Crippen molar-refractivity contribution >= 4 is 11.9 Å². The van der Waals surface area contributed by atoms with Crippen molar-refractivity contribution in [1.29, 1.82) is 0 Å². The molecule has 1 fully saturated rings. The van der Waals surface area contributed by atoms with E-state index in [1.54, 1.807) is 0 Å². The maximum atomic E-state index is 11.8. The Labute approximate surface area is 147 Å². The molecule has 7 nitrogen and oxygen atoms in total. The van der Waals surface area contributed by atoms with Crippen LogP contribution in [0.4, 0.5) is 0 Å². The van der Waals surface area contributed by atoms with Gasteiger partial charge in [-0.3, -0.25) is 14.8 Å². The topological polar surface area (TPSA) is 94.1 Å². The predicted molar refractivity (Wildman–Crippen MR) is 89.0 cm³/mol. The summed E-state index contributed by atoms with van der Waals surface area (Å²) in [5.74, 6) is -1.17. The second-order valence-corrected chi connectivity index (χ2v) is 6.15. The van der Waals surface area contributed by atoms with E-state index < -0.39 is 17.8 Å². The lowest BCUT2D eigenvalue weighted by molar-refractivity contribution is -0.148. The van der Waals surface area contributed by atoms with Gasteiger partial charge in [-0.05, 0) is 37.0 Å². The molecule has 1 aliphatic rings. The zero-order valence-corrected chi connectivity index (χ0v) is 14.4. The SMILES string of the molecule is COC(=O)[C@@H](CC(=O)NO)Cc1cccc(OCOC2CCCC2)c1. The average Bonchev–Trinajstić information content (AvgIpc) is 3.14. The molecule has 1 aromatic rings. The first-order valence-electron chi connectivity index (χ1n) is 8.46. The maximum Gasteiger partial charge on any atom is 0.309 e. The van der Waals surface area contributed by atoms with Crippen molar-refractivity contribution in [1.82, 2.24) is 5.48 Å². The summed E-state index contributed by atoms with van der Waals surface area (Å²) >= 11 is 0. The largest absolute Gasteiger partial charge is 0.469 e. The van der Waals surface area contributed by atoms with Crippen LogP contribution in [-0.4, -0.2) is 37.1 Å². The third kappa shape index (κ3) is 6.36. The summed E-state index contributed by atoms with van der Waals surface area (Å²) in [6.07, 6.45) is 5.00. The summed E-state index contributed by atoms with van der Waals surface area (Å²) in [5.41, 5.74) is 2.37. The van der Waals surface area contributed by atoms with Crippen LogP contribution < -0.4 is 10.2 Å². The number of nitrogens with one attached hydrogen (secondary N) is 1. The van der Waals surface area contributed by atoms with Crippen LogP contribution in [0, 0.1) is 5.92 Å². The highest BCUT2D eigenvalue weighted by molar-refractivity contribution is 5.82. The lowest BCUT2D eigenvalue weighted by atomic mass is 9.96. The highest BCUT2D eigenvalue weighted by Gasteiger charge is 2.23. The minimum Gasteiger partial charge on any atom is -0.469 e. The molecule has 0 radical (unpaired) electrons. The van der Waals surface area contributed by atoms with E-state index in [2.05, 4.69) is 0 Å². The number of methoxy groups -OCH3 is 1. The standard InChI is InChI=1S/C18H25NO6/c1-23-18(21)14(11-17(20)19-22)9-13-5-4-8-16(10-13)25-12-24-15-6-2-3-7-15/h4-5,8,10,14-15,22H,2-3,6-7,9,11-12H2,1H3,(H,19,20)/t14-/m1/s1. The molecule has 1 saturated carbocycles. The second-order valence-electron chi connectivity index (χ2n) is 6.15. The van der Waals surface area contributed by atoms with Gasteiger partial charge in [-0.1, -0.05) is 25.0 Å². The Morgan fingerprint density at radius 1 is 1.32 bits per heavy atom. The first-order chi connectivity index (χ1) is 12.1. The van der Waals surface area contributed by atoms with Crippen LogP contribution in [0.5, 0.6) is 5.75 Å². The van der Waals surface area contributed by atoms with E-state index in [4.69, 9.17) is 19.4 Å². The Hall–Kier alpha value is -2.12. The predicted octanol–water partition coefficient (Wildman–Crippen LogP) is 2.21. The van der Waals surface area contributed by atoms with Gasteiger partial charge in [-0.25, -0.2) is 5.48 Å². The summed E-state index contributed by atoms with van der Waals surface area (Å²) in [6.45, 7) is 0.196. The van der Waals surface area contributed by atoms with Crippen LogP contribution >= 0.6 is 0 Å². The molecule has 138 valence electrons. The fourth-order valence-corrected chi connectivity index (χ4v) is 2.98. The number of carbonyl (C=O) groups is 2. The van der Waals surface area contributed by atoms with Crippen molar-refractivity contribution in [3.8, 4) is 5.75 Å². The minimum absolute atomic E-state index is 0.154. The van der Waals surface area contributed by atoms with Crippen molar-refractivity contribution in [2.75, 3.05) is 13.9 Å². The van der Waals surface area contributed by atoms with Gasteiger partial charge in [0.1, 0.15) is 5.75 Å². The zero-order chi connectivity index (χ0) is 18.1. The summed E-state index contributed by atoms with van der Waals surface area (Å²) in [4.78, 5) is 23.2. The number of benzene rings is 1. The lowest BCUT2D eigenvalue weighted by Crippen LogP contribution is -2.28. The first-order valence-corrected chi connectivity index (χ1v) is 8.46. The molecule has 1 atom stereocenters. The molecule has 2 rings (SSSR count). The highest BCUT2D eigenvalue weighted by atomic mass is 16.7. The molecular weight excluding hydrogens is 326 g/mol. The maximum absolute atomic E-state index is 11.8. The van der Waals surface area contributed by atoms with E-state index in [1.807, 2.05) is 24.3 Å². The van der Waals surface area contributed by atoms with Crippen molar-refractivity contribution in [2.24, 2.45) is 5.92 Å². The van der Waals surface area contributed by atoms with Crippen molar-refractivity contribution in [2.45, 2.75) is 44.6 Å². The van der Waals surface area contributed by atoms with Crippen molar-refractivity contribution in [3.05, 3.63) is 29.8 Å². The summed E-state index contributed by atoms with van der Waals surface area (Å²) in [6, 6.07) is 7.29. The van der Waals surface area contributed by atoms with Crippen LogP contribution in [0.2, 0.25) is 0 Å². The Balaban J connectivity index is 1.90. The molecule has 1 aromatic carbocycles. The van der Waals surface area contributed by atoms with Crippen LogP contribution in [0.25, 0.3) is 0 Å². The summed E-state index contributed by atoms with van der Waals surface area (Å²) < 4.78 is 16.0. The van der Waals surface area contributed by atoms with E-state index in [0.717, 1.165) is 18.4 Å². The third-order valence-corrected chi connectivity index (χ3v) is 4.30. The van der Waals surface area contributed by atoms with Gasteiger partial charge in [0.2, 0.25) is 5.91 Å². The number of hydroxylamine groups is 1. The first kappa shape index (κ1) is 19.2. The smallest absolute Gasteiger partial charge is 0.309 e. The Morgan fingerprint density at radius 3 is 2.76 bits per heavy atom. The Kier molecular flexibility index (Phi) is 7.69. The van der Waals surface area contributed by atoms with Crippen molar-refractivity contribution < 1.29 is 29.0 Å². The van der Waals surface area contributed by atoms with Gasteiger partial charge in [0.05, 0.1) is 19.1 Å². The molecular formula is C18H25NO6. The normalized spacial score (nSPS) is 15.6. The summed E-state index contributed by atoms with van der Waals surface area (Å²) in [5, 5.41) is 8.65. The quantitative estimate of drug-likeness (QED) is 0.307. The van der Waals surface area contributed by atoms with E-state index in [9.17, 15) is 9.59 Å². The number of carbonyl (C=O) groups excluding carboxylic acids is 2. The van der Waals surface area contributed by atoms with Crippen LogP contribution in [0.15, 0.2) is 24.3 Å². The number of ether oxygens (including phenoxy) is 3. The van der Waals surface area contributed by atoms with Gasteiger partial charge < -0.3 is 14.2 Å². The average molecular weight is 351 g/mol. The molecule has 0 heterocycles. The highest BCUT2D eigenvalue weighted by Crippen LogP contribution is 2.22.